The minimum atomic E-state index is -0.837. The summed E-state index contributed by atoms with van der Waals surface area (Å²) in [6, 6.07) is 0. The van der Waals surface area contributed by atoms with E-state index in [2.05, 4.69) is 28.9 Å². The highest BCUT2D eigenvalue weighted by Gasteiger charge is 2.23. The molecular formula is C13H21N3O4. The van der Waals surface area contributed by atoms with Gasteiger partial charge in [-0.1, -0.05) is 19.0 Å². The molecule has 0 bridgehead atoms. The van der Waals surface area contributed by atoms with Crippen molar-refractivity contribution in [2.24, 2.45) is 5.92 Å². The molecule has 2 rings (SSSR count). The van der Waals surface area contributed by atoms with Crippen molar-refractivity contribution >= 4 is 5.97 Å². The van der Waals surface area contributed by atoms with Crippen LogP contribution < -0.4 is 0 Å². The Labute approximate surface area is 117 Å². The number of hydrogen-bond donors (Lipinski definition) is 1. The fraction of sp³-hybridized carbons (Fsp3) is 0.769. The van der Waals surface area contributed by atoms with E-state index in [0.29, 0.717) is 37.3 Å². The van der Waals surface area contributed by atoms with Gasteiger partial charge in [-0.2, -0.15) is 4.98 Å². The topological polar surface area (TPSA) is 88.7 Å². The molecule has 20 heavy (non-hydrogen) atoms. The van der Waals surface area contributed by atoms with Crippen LogP contribution in [0.25, 0.3) is 0 Å². The Morgan fingerprint density at radius 3 is 3.05 bits per heavy atom. The van der Waals surface area contributed by atoms with Crippen molar-refractivity contribution in [1.82, 2.24) is 15.0 Å². The molecule has 0 saturated carbocycles. The van der Waals surface area contributed by atoms with E-state index in [9.17, 15) is 4.79 Å². The third kappa shape index (κ3) is 4.57. The summed E-state index contributed by atoms with van der Waals surface area (Å²) >= 11 is 0. The Hall–Kier alpha value is -1.47. The third-order valence-corrected chi connectivity index (χ3v) is 3.08. The third-order valence-electron chi connectivity index (χ3n) is 3.08. The van der Waals surface area contributed by atoms with Crippen molar-refractivity contribution in [2.45, 2.75) is 39.3 Å². The van der Waals surface area contributed by atoms with Crippen LogP contribution in [0.1, 0.15) is 32.0 Å². The number of hydrogen-bond acceptors (Lipinski definition) is 6. The van der Waals surface area contributed by atoms with Gasteiger partial charge in [0.05, 0.1) is 25.7 Å². The first-order valence-corrected chi connectivity index (χ1v) is 6.90. The zero-order valence-electron chi connectivity index (χ0n) is 11.9. The second kappa shape index (κ2) is 6.81. The van der Waals surface area contributed by atoms with Gasteiger partial charge in [-0.05, 0) is 5.92 Å². The average Bonchev–Trinajstić information content (AvgIpc) is 2.75. The van der Waals surface area contributed by atoms with Gasteiger partial charge in [0.25, 0.3) is 0 Å². The maximum Gasteiger partial charge on any atom is 0.306 e. The van der Waals surface area contributed by atoms with E-state index in [0.717, 1.165) is 13.0 Å². The summed E-state index contributed by atoms with van der Waals surface area (Å²) in [5.41, 5.74) is 0. The van der Waals surface area contributed by atoms with Crippen molar-refractivity contribution in [1.29, 1.82) is 0 Å². The standard InChI is InChI=1S/C13H21N3O4/c1-9(2)5-12-14-11(15-20-12)8-16-3-4-19-10(7-16)6-13(17)18/h9-10H,3-8H2,1-2H3,(H,17,18). The molecule has 1 unspecified atom stereocenters. The second-order valence-electron chi connectivity index (χ2n) is 5.53. The SMILES string of the molecule is CC(C)Cc1nc(CN2CCOC(CC(=O)O)C2)no1. The van der Waals surface area contributed by atoms with Crippen LogP contribution in [0.3, 0.4) is 0 Å². The molecule has 0 spiro atoms. The number of morpholine rings is 1. The minimum absolute atomic E-state index is 0.0291. The molecule has 2 heterocycles. The zero-order valence-corrected chi connectivity index (χ0v) is 11.9. The fourth-order valence-electron chi connectivity index (χ4n) is 2.23. The van der Waals surface area contributed by atoms with Crippen molar-refractivity contribution < 1.29 is 19.2 Å². The van der Waals surface area contributed by atoms with Gasteiger partial charge in [-0.25, -0.2) is 0 Å². The molecule has 1 aromatic rings. The number of nitrogens with zero attached hydrogens (tertiary/aromatic N) is 3. The molecule has 0 aromatic carbocycles. The number of carboxylic acid groups (broad SMARTS) is 1. The quantitative estimate of drug-likeness (QED) is 0.831. The summed E-state index contributed by atoms with van der Waals surface area (Å²) in [5.74, 6) is 0.948. The molecule has 0 radical (unpaired) electrons. The van der Waals surface area contributed by atoms with Crippen molar-refractivity contribution in [3.05, 3.63) is 11.7 Å². The van der Waals surface area contributed by atoms with Crippen LogP contribution in [0, 0.1) is 5.92 Å². The fourth-order valence-corrected chi connectivity index (χ4v) is 2.23. The lowest BCUT2D eigenvalue weighted by Crippen LogP contribution is -2.42. The van der Waals surface area contributed by atoms with Crippen LogP contribution in [-0.4, -0.2) is 51.9 Å². The van der Waals surface area contributed by atoms with E-state index >= 15 is 0 Å². The first-order chi connectivity index (χ1) is 9.52. The number of carboxylic acids is 1. The minimum Gasteiger partial charge on any atom is -0.481 e. The number of ether oxygens (including phenoxy) is 1. The van der Waals surface area contributed by atoms with E-state index < -0.39 is 5.97 Å². The van der Waals surface area contributed by atoms with E-state index in [1.807, 2.05) is 0 Å². The summed E-state index contributed by atoms with van der Waals surface area (Å²) in [4.78, 5) is 17.2. The van der Waals surface area contributed by atoms with Gasteiger partial charge in [0.15, 0.2) is 5.82 Å². The number of carbonyl (C=O) groups is 1. The first kappa shape index (κ1) is 14.9. The largest absolute Gasteiger partial charge is 0.481 e. The molecule has 1 N–H and O–H groups in total. The lowest BCUT2D eigenvalue weighted by molar-refractivity contribution is -0.142. The zero-order chi connectivity index (χ0) is 14.5. The van der Waals surface area contributed by atoms with Crippen LogP contribution in [0.15, 0.2) is 4.52 Å². The van der Waals surface area contributed by atoms with Gasteiger partial charge in [0.1, 0.15) is 0 Å². The Balaban J connectivity index is 1.86. The Morgan fingerprint density at radius 2 is 2.35 bits per heavy atom. The van der Waals surface area contributed by atoms with Gasteiger partial charge >= 0.3 is 5.97 Å². The van der Waals surface area contributed by atoms with E-state index in [-0.39, 0.29) is 12.5 Å². The molecular weight excluding hydrogens is 262 g/mol. The molecule has 1 fully saturated rings. The Bertz CT molecular complexity index is 447. The van der Waals surface area contributed by atoms with Crippen LogP contribution in [-0.2, 0) is 22.5 Å². The molecule has 0 amide bonds. The first-order valence-electron chi connectivity index (χ1n) is 6.90. The van der Waals surface area contributed by atoms with Crippen LogP contribution >= 0.6 is 0 Å². The molecule has 1 atom stereocenters. The highest BCUT2D eigenvalue weighted by molar-refractivity contribution is 5.67. The molecule has 1 aromatic heterocycles. The summed E-state index contributed by atoms with van der Waals surface area (Å²) in [5, 5.41) is 12.8. The van der Waals surface area contributed by atoms with Gasteiger partial charge in [0, 0.05) is 19.5 Å². The maximum absolute atomic E-state index is 10.7. The molecule has 112 valence electrons. The van der Waals surface area contributed by atoms with Crippen LogP contribution in [0.2, 0.25) is 0 Å². The second-order valence-corrected chi connectivity index (χ2v) is 5.53. The van der Waals surface area contributed by atoms with Crippen LogP contribution in [0.4, 0.5) is 0 Å². The lowest BCUT2D eigenvalue weighted by Gasteiger charge is -2.31. The van der Waals surface area contributed by atoms with E-state index in [1.165, 1.54) is 0 Å². The molecule has 0 aliphatic carbocycles. The van der Waals surface area contributed by atoms with Crippen molar-refractivity contribution in [2.75, 3.05) is 19.7 Å². The predicted octanol–water partition coefficient (Wildman–Crippen LogP) is 0.944. The van der Waals surface area contributed by atoms with Gasteiger partial charge in [-0.15, -0.1) is 0 Å². The number of aromatic nitrogens is 2. The molecule has 7 nitrogen and oxygen atoms in total. The van der Waals surface area contributed by atoms with Crippen molar-refractivity contribution in [3.63, 3.8) is 0 Å². The lowest BCUT2D eigenvalue weighted by atomic mass is 10.1. The summed E-state index contributed by atoms with van der Waals surface area (Å²) < 4.78 is 10.6. The molecule has 7 heteroatoms. The predicted molar refractivity (Wildman–Crippen MR) is 70.1 cm³/mol. The Morgan fingerprint density at radius 1 is 1.55 bits per heavy atom. The van der Waals surface area contributed by atoms with Gasteiger partial charge < -0.3 is 14.4 Å². The number of rotatable bonds is 6. The van der Waals surface area contributed by atoms with E-state index in [1.54, 1.807) is 0 Å². The van der Waals surface area contributed by atoms with Gasteiger partial charge in [-0.3, -0.25) is 9.69 Å². The van der Waals surface area contributed by atoms with Crippen molar-refractivity contribution in [3.8, 4) is 0 Å². The monoisotopic (exact) mass is 283 g/mol. The summed E-state index contributed by atoms with van der Waals surface area (Å²) in [6.45, 7) is 6.64. The van der Waals surface area contributed by atoms with Crippen LogP contribution in [0.5, 0.6) is 0 Å². The van der Waals surface area contributed by atoms with Gasteiger partial charge in [0.2, 0.25) is 5.89 Å². The molecule has 1 aliphatic rings. The number of aliphatic carboxylic acids is 1. The highest BCUT2D eigenvalue weighted by atomic mass is 16.5. The summed E-state index contributed by atoms with van der Waals surface area (Å²) in [7, 11) is 0. The maximum atomic E-state index is 10.7. The summed E-state index contributed by atoms with van der Waals surface area (Å²) in [6.07, 6.45) is 0.544. The highest BCUT2D eigenvalue weighted by Crippen LogP contribution is 2.12. The van der Waals surface area contributed by atoms with E-state index in [4.69, 9.17) is 14.4 Å². The Kier molecular flexibility index (Phi) is 5.08. The average molecular weight is 283 g/mol. The molecule has 1 saturated heterocycles. The smallest absolute Gasteiger partial charge is 0.306 e. The molecule has 1 aliphatic heterocycles. The normalized spacial score (nSPS) is 20.4.